The van der Waals surface area contributed by atoms with E-state index in [-0.39, 0.29) is 16.8 Å². The zero-order valence-corrected chi connectivity index (χ0v) is 19.7. The van der Waals surface area contributed by atoms with Crippen molar-refractivity contribution in [2.75, 3.05) is 0 Å². The second-order valence-corrected chi connectivity index (χ2v) is 8.80. The van der Waals surface area contributed by atoms with E-state index in [9.17, 15) is 19.7 Å². The molecular weight excluding hydrogens is 444 g/mol. The number of hydrazone groups is 1. The minimum atomic E-state index is -0.643. The predicted molar refractivity (Wildman–Crippen MR) is 136 cm³/mol. The first-order valence-electron chi connectivity index (χ1n) is 10.9. The number of hydrogen-bond donors (Lipinski definition) is 2. The maximum atomic E-state index is 12.8. The second kappa shape index (κ2) is 11.0. The molecule has 2 amide bonds. The van der Waals surface area contributed by atoms with E-state index in [0.717, 1.165) is 5.56 Å². The van der Waals surface area contributed by atoms with Gasteiger partial charge in [0.15, 0.2) is 0 Å². The molecule has 0 aromatic heterocycles. The average molecular weight is 471 g/mol. The molecule has 178 valence electrons. The van der Waals surface area contributed by atoms with Crippen LogP contribution in [0.5, 0.6) is 0 Å². The maximum absolute atomic E-state index is 12.8. The second-order valence-electron chi connectivity index (χ2n) is 8.80. The maximum Gasteiger partial charge on any atom is 0.287 e. The molecule has 0 spiro atoms. The summed E-state index contributed by atoms with van der Waals surface area (Å²) >= 11 is 0. The Labute approximate surface area is 203 Å². The minimum absolute atomic E-state index is 0.0262. The number of rotatable bonds is 7. The van der Waals surface area contributed by atoms with Crippen LogP contribution in [-0.2, 0) is 10.2 Å². The summed E-state index contributed by atoms with van der Waals surface area (Å²) in [6.45, 7) is 6.37. The Bertz CT molecular complexity index is 1260. The van der Waals surface area contributed by atoms with E-state index in [2.05, 4.69) is 36.6 Å². The molecule has 2 N–H and O–H groups in total. The fourth-order valence-corrected chi connectivity index (χ4v) is 3.10. The lowest BCUT2D eigenvalue weighted by atomic mass is 9.87. The van der Waals surface area contributed by atoms with Gasteiger partial charge in [0.25, 0.3) is 17.5 Å². The van der Waals surface area contributed by atoms with Gasteiger partial charge in [-0.15, -0.1) is 0 Å². The number of nitrogens with one attached hydrogen (secondary N) is 2. The van der Waals surface area contributed by atoms with Crippen LogP contribution in [0.4, 0.5) is 5.69 Å². The number of amides is 2. The lowest BCUT2D eigenvalue weighted by Crippen LogP contribution is -2.32. The number of benzene rings is 3. The summed E-state index contributed by atoms with van der Waals surface area (Å²) in [6, 6.07) is 21.9. The molecule has 3 aromatic carbocycles. The number of hydrogen-bond acceptors (Lipinski definition) is 5. The van der Waals surface area contributed by atoms with Crippen molar-refractivity contribution in [2.45, 2.75) is 26.2 Å². The van der Waals surface area contributed by atoms with E-state index in [1.54, 1.807) is 30.3 Å². The van der Waals surface area contributed by atoms with Crippen LogP contribution in [0.2, 0.25) is 0 Å². The van der Waals surface area contributed by atoms with Crippen LogP contribution in [0, 0.1) is 10.1 Å². The van der Waals surface area contributed by atoms with Gasteiger partial charge in [0, 0.05) is 17.7 Å². The van der Waals surface area contributed by atoms with Gasteiger partial charge in [0.2, 0.25) is 0 Å². The van der Waals surface area contributed by atoms with Crippen molar-refractivity contribution in [1.29, 1.82) is 0 Å². The van der Waals surface area contributed by atoms with Crippen molar-refractivity contribution >= 4 is 29.8 Å². The molecular formula is C27H26N4O4. The van der Waals surface area contributed by atoms with E-state index < -0.39 is 16.7 Å². The predicted octanol–water partition coefficient (Wildman–Crippen LogP) is 4.81. The SMILES string of the molecule is CC(C)(C)c1ccc(/C=N/NC(=O)/C(=C\c2ccc([N+](=O)[O-])cc2)NC(=O)c2ccccc2)cc1. The Morgan fingerprint density at radius 3 is 2.06 bits per heavy atom. The fourth-order valence-electron chi connectivity index (χ4n) is 3.10. The number of carbonyl (C=O) groups excluding carboxylic acids is 2. The molecule has 0 unspecified atom stereocenters. The highest BCUT2D eigenvalue weighted by atomic mass is 16.6. The molecule has 35 heavy (non-hydrogen) atoms. The molecule has 3 aromatic rings. The first-order chi connectivity index (χ1) is 16.6. The molecule has 0 bridgehead atoms. The van der Waals surface area contributed by atoms with Crippen molar-refractivity contribution in [3.63, 3.8) is 0 Å². The molecule has 0 saturated carbocycles. The monoisotopic (exact) mass is 470 g/mol. The van der Waals surface area contributed by atoms with Gasteiger partial charge in [0.1, 0.15) is 5.70 Å². The highest BCUT2D eigenvalue weighted by molar-refractivity contribution is 6.05. The number of carbonyl (C=O) groups is 2. The van der Waals surface area contributed by atoms with E-state index in [0.29, 0.717) is 11.1 Å². The summed E-state index contributed by atoms with van der Waals surface area (Å²) < 4.78 is 0. The summed E-state index contributed by atoms with van der Waals surface area (Å²) in [5.41, 5.74) is 5.15. The summed E-state index contributed by atoms with van der Waals surface area (Å²) in [5.74, 6) is -1.12. The molecule has 0 radical (unpaired) electrons. The third-order valence-electron chi connectivity index (χ3n) is 5.10. The largest absolute Gasteiger partial charge is 0.317 e. The van der Waals surface area contributed by atoms with Crippen LogP contribution in [0.3, 0.4) is 0 Å². The Balaban J connectivity index is 1.79. The van der Waals surface area contributed by atoms with E-state index in [4.69, 9.17) is 0 Å². The summed E-state index contributed by atoms with van der Waals surface area (Å²) in [7, 11) is 0. The van der Waals surface area contributed by atoms with Crippen molar-refractivity contribution in [3.05, 3.63) is 117 Å². The Kier molecular flexibility index (Phi) is 7.88. The number of nitrogens with zero attached hydrogens (tertiary/aromatic N) is 2. The van der Waals surface area contributed by atoms with Crippen LogP contribution in [0.15, 0.2) is 89.7 Å². The fraction of sp³-hybridized carbons (Fsp3) is 0.148. The summed E-state index contributed by atoms with van der Waals surface area (Å²) in [5, 5.41) is 17.5. The summed E-state index contributed by atoms with van der Waals surface area (Å²) in [6.07, 6.45) is 2.93. The number of non-ortho nitro benzene ring substituents is 1. The molecule has 0 heterocycles. The molecule has 0 saturated heterocycles. The van der Waals surface area contributed by atoms with Gasteiger partial charge in [-0.1, -0.05) is 63.2 Å². The van der Waals surface area contributed by atoms with Gasteiger partial charge in [0.05, 0.1) is 11.1 Å². The molecule has 8 heteroatoms. The molecule has 0 fully saturated rings. The van der Waals surface area contributed by atoms with Gasteiger partial charge in [-0.3, -0.25) is 19.7 Å². The quantitative estimate of drug-likeness (QED) is 0.223. The Morgan fingerprint density at radius 2 is 1.49 bits per heavy atom. The standard InChI is InChI=1S/C27H26N4O4/c1-27(2,3)22-13-9-20(10-14-22)18-28-30-26(33)24(29-25(32)21-7-5-4-6-8-21)17-19-11-15-23(16-12-19)31(34)35/h4-18H,1-3H3,(H,29,32)(H,30,33)/b24-17+,28-18+. The van der Waals surface area contributed by atoms with Crippen LogP contribution in [-0.4, -0.2) is 23.0 Å². The molecule has 3 rings (SSSR count). The van der Waals surface area contributed by atoms with Crippen LogP contribution < -0.4 is 10.7 Å². The first-order valence-corrected chi connectivity index (χ1v) is 10.9. The lowest BCUT2D eigenvalue weighted by Gasteiger charge is -2.18. The number of nitro groups is 1. The Morgan fingerprint density at radius 1 is 0.886 bits per heavy atom. The highest BCUT2D eigenvalue weighted by Crippen LogP contribution is 2.21. The summed E-state index contributed by atoms with van der Waals surface area (Å²) in [4.78, 5) is 35.9. The van der Waals surface area contributed by atoms with Crippen molar-refractivity contribution in [1.82, 2.24) is 10.7 Å². The van der Waals surface area contributed by atoms with E-state index in [1.807, 2.05) is 24.3 Å². The van der Waals surface area contributed by atoms with Crippen LogP contribution in [0.1, 0.15) is 47.8 Å². The van der Waals surface area contributed by atoms with Crippen molar-refractivity contribution in [2.24, 2.45) is 5.10 Å². The zero-order valence-electron chi connectivity index (χ0n) is 19.7. The average Bonchev–Trinajstić information content (AvgIpc) is 2.84. The smallest absolute Gasteiger partial charge is 0.287 e. The third kappa shape index (κ3) is 7.20. The van der Waals surface area contributed by atoms with Gasteiger partial charge in [-0.05, 0) is 52.4 Å². The lowest BCUT2D eigenvalue weighted by molar-refractivity contribution is -0.384. The Hall–Kier alpha value is -4.59. The zero-order chi connectivity index (χ0) is 25.4. The molecule has 0 aliphatic heterocycles. The molecule has 0 aliphatic rings. The first kappa shape index (κ1) is 25.0. The number of nitro benzene ring substituents is 1. The van der Waals surface area contributed by atoms with E-state index in [1.165, 1.54) is 42.1 Å². The van der Waals surface area contributed by atoms with Gasteiger partial charge >= 0.3 is 0 Å². The van der Waals surface area contributed by atoms with Crippen molar-refractivity contribution in [3.8, 4) is 0 Å². The van der Waals surface area contributed by atoms with Crippen LogP contribution >= 0.6 is 0 Å². The molecule has 0 atom stereocenters. The molecule has 0 aliphatic carbocycles. The van der Waals surface area contributed by atoms with E-state index >= 15 is 0 Å². The topological polar surface area (TPSA) is 114 Å². The highest BCUT2D eigenvalue weighted by Gasteiger charge is 2.15. The van der Waals surface area contributed by atoms with Gasteiger partial charge in [-0.2, -0.15) is 5.10 Å². The third-order valence-corrected chi connectivity index (χ3v) is 5.10. The van der Waals surface area contributed by atoms with Gasteiger partial charge in [-0.25, -0.2) is 5.43 Å². The van der Waals surface area contributed by atoms with Gasteiger partial charge < -0.3 is 5.32 Å². The minimum Gasteiger partial charge on any atom is -0.317 e. The normalized spacial score (nSPS) is 11.8. The van der Waals surface area contributed by atoms with Crippen LogP contribution in [0.25, 0.3) is 6.08 Å². The van der Waals surface area contributed by atoms with Crippen molar-refractivity contribution < 1.29 is 14.5 Å². The molecule has 8 nitrogen and oxygen atoms in total.